The van der Waals surface area contributed by atoms with E-state index in [0.29, 0.717) is 12.0 Å². The smallest absolute Gasteiger partial charge is 0.251 e. The highest BCUT2D eigenvalue weighted by atomic mass is 16.3. The highest BCUT2D eigenvalue weighted by Gasteiger charge is 2.06. The van der Waals surface area contributed by atoms with Crippen LogP contribution < -0.4 is 5.32 Å². The Balaban J connectivity index is 2.44. The number of carbonyl (C=O) groups excluding carboxylic acids is 1. The van der Waals surface area contributed by atoms with E-state index in [2.05, 4.69) is 10.3 Å². The minimum Gasteiger partial charge on any atom is -0.391 e. The van der Waals surface area contributed by atoms with Gasteiger partial charge in [0.05, 0.1) is 6.10 Å². The lowest BCUT2D eigenvalue weighted by Crippen LogP contribution is -2.31. The number of aromatic nitrogens is 1. The molecule has 1 atom stereocenters. The Morgan fingerprint density at radius 2 is 2.21 bits per heavy atom. The maximum atomic E-state index is 11.4. The zero-order valence-corrected chi connectivity index (χ0v) is 8.10. The predicted molar refractivity (Wildman–Crippen MR) is 52.9 cm³/mol. The van der Waals surface area contributed by atoms with Crippen molar-refractivity contribution in [1.82, 2.24) is 10.3 Å². The Morgan fingerprint density at radius 3 is 2.79 bits per heavy atom. The molecule has 4 heteroatoms. The summed E-state index contributed by atoms with van der Waals surface area (Å²) in [5, 5.41) is 11.9. The van der Waals surface area contributed by atoms with E-state index in [1.807, 2.05) is 6.92 Å². The van der Waals surface area contributed by atoms with Gasteiger partial charge in [0, 0.05) is 24.5 Å². The molecule has 1 aromatic rings. The van der Waals surface area contributed by atoms with Gasteiger partial charge in [-0.15, -0.1) is 0 Å². The number of hydrogen-bond acceptors (Lipinski definition) is 3. The van der Waals surface area contributed by atoms with Gasteiger partial charge in [-0.1, -0.05) is 6.92 Å². The molecule has 76 valence electrons. The molecule has 0 spiro atoms. The van der Waals surface area contributed by atoms with Crippen LogP contribution in [0, 0.1) is 0 Å². The summed E-state index contributed by atoms with van der Waals surface area (Å²) >= 11 is 0. The van der Waals surface area contributed by atoms with Crippen LogP contribution in [0.2, 0.25) is 0 Å². The van der Waals surface area contributed by atoms with E-state index in [0.717, 1.165) is 0 Å². The summed E-state index contributed by atoms with van der Waals surface area (Å²) in [6, 6.07) is 3.27. The fraction of sp³-hybridized carbons (Fsp3) is 0.400. The molecule has 0 saturated carbocycles. The molecule has 0 bridgehead atoms. The summed E-state index contributed by atoms with van der Waals surface area (Å²) in [6.07, 6.45) is 3.29. The second-order valence-corrected chi connectivity index (χ2v) is 3.01. The number of carbonyl (C=O) groups is 1. The molecular weight excluding hydrogens is 180 g/mol. The maximum absolute atomic E-state index is 11.4. The van der Waals surface area contributed by atoms with Crippen LogP contribution in [0.1, 0.15) is 23.7 Å². The molecule has 0 aromatic carbocycles. The van der Waals surface area contributed by atoms with E-state index < -0.39 is 6.10 Å². The topological polar surface area (TPSA) is 62.2 Å². The van der Waals surface area contributed by atoms with Crippen molar-refractivity contribution in [2.24, 2.45) is 0 Å². The van der Waals surface area contributed by atoms with Crippen LogP contribution >= 0.6 is 0 Å². The third-order valence-electron chi connectivity index (χ3n) is 1.91. The minimum absolute atomic E-state index is 0.181. The van der Waals surface area contributed by atoms with Gasteiger partial charge in [0.25, 0.3) is 5.91 Å². The van der Waals surface area contributed by atoms with Crippen molar-refractivity contribution in [1.29, 1.82) is 0 Å². The standard InChI is InChI=1S/C10H14N2O2/c1-2-9(13)7-12-10(14)8-3-5-11-6-4-8/h3-6,9,13H,2,7H2,1H3,(H,12,14). The van der Waals surface area contributed by atoms with Crippen molar-refractivity contribution in [3.63, 3.8) is 0 Å². The fourth-order valence-electron chi connectivity index (χ4n) is 0.960. The van der Waals surface area contributed by atoms with E-state index in [1.54, 1.807) is 24.5 Å². The molecule has 1 unspecified atom stereocenters. The lowest BCUT2D eigenvalue weighted by Gasteiger charge is -2.08. The van der Waals surface area contributed by atoms with Crippen LogP contribution in [0.4, 0.5) is 0 Å². The number of nitrogens with zero attached hydrogens (tertiary/aromatic N) is 1. The number of rotatable bonds is 4. The van der Waals surface area contributed by atoms with Gasteiger partial charge < -0.3 is 10.4 Å². The second-order valence-electron chi connectivity index (χ2n) is 3.01. The molecule has 0 fully saturated rings. The first-order valence-electron chi connectivity index (χ1n) is 4.60. The number of aliphatic hydroxyl groups is 1. The summed E-state index contributed by atoms with van der Waals surface area (Å²) in [6.45, 7) is 2.15. The highest BCUT2D eigenvalue weighted by molar-refractivity contribution is 5.93. The fourth-order valence-corrected chi connectivity index (χ4v) is 0.960. The Kier molecular flexibility index (Phi) is 4.07. The van der Waals surface area contributed by atoms with Crippen LogP contribution in [0.3, 0.4) is 0 Å². The molecule has 4 nitrogen and oxygen atoms in total. The van der Waals surface area contributed by atoms with Crippen molar-refractivity contribution in [2.75, 3.05) is 6.54 Å². The SMILES string of the molecule is CCC(O)CNC(=O)c1ccncc1. The van der Waals surface area contributed by atoms with Crippen molar-refractivity contribution in [3.8, 4) is 0 Å². The van der Waals surface area contributed by atoms with Crippen LogP contribution in [0.25, 0.3) is 0 Å². The highest BCUT2D eigenvalue weighted by Crippen LogP contribution is 1.96. The van der Waals surface area contributed by atoms with Crippen molar-refractivity contribution >= 4 is 5.91 Å². The third kappa shape index (κ3) is 3.14. The largest absolute Gasteiger partial charge is 0.391 e. The molecule has 2 N–H and O–H groups in total. The van der Waals surface area contributed by atoms with Gasteiger partial charge in [0.1, 0.15) is 0 Å². The zero-order valence-electron chi connectivity index (χ0n) is 8.10. The summed E-state index contributed by atoms with van der Waals surface area (Å²) in [7, 11) is 0. The van der Waals surface area contributed by atoms with Crippen LogP contribution in [0.15, 0.2) is 24.5 Å². The minimum atomic E-state index is -0.471. The first-order valence-corrected chi connectivity index (χ1v) is 4.60. The first kappa shape index (κ1) is 10.7. The van der Waals surface area contributed by atoms with Crippen molar-refractivity contribution in [2.45, 2.75) is 19.4 Å². The number of aliphatic hydroxyl groups excluding tert-OH is 1. The Labute approximate surface area is 83.0 Å². The molecule has 1 rings (SSSR count). The van der Waals surface area contributed by atoms with E-state index >= 15 is 0 Å². The van der Waals surface area contributed by atoms with E-state index in [9.17, 15) is 9.90 Å². The summed E-state index contributed by atoms with van der Waals surface area (Å²) < 4.78 is 0. The number of nitrogens with one attached hydrogen (secondary N) is 1. The molecular formula is C10H14N2O2. The summed E-state index contributed by atoms with van der Waals surface area (Å²) in [5.74, 6) is -0.181. The molecule has 0 aliphatic heterocycles. The van der Waals surface area contributed by atoms with Gasteiger partial charge in [-0.05, 0) is 18.6 Å². The van der Waals surface area contributed by atoms with Gasteiger partial charge in [-0.2, -0.15) is 0 Å². The van der Waals surface area contributed by atoms with E-state index in [-0.39, 0.29) is 12.5 Å². The third-order valence-corrected chi connectivity index (χ3v) is 1.91. The molecule has 1 aromatic heterocycles. The zero-order chi connectivity index (χ0) is 10.4. The van der Waals surface area contributed by atoms with Crippen molar-refractivity contribution in [3.05, 3.63) is 30.1 Å². The quantitative estimate of drug-likeness (QED) is 0.737. The lowest BCUT2D eigenvalue weighted by molar-refractivity contribution is 0.0914. The molecule has 1 heterocycles. The second kappa shape index (κ2) is 5.34. The van der Waals surface area contributed by atoms with Crippen LogP contribution in [-0.4, -0.2) is 28.6 Å². The predicted octanol–water partition coefficient (Wildman–Crippen LogP) is 0.582. The summed E-state index contributed by atoms with van der Waals surface area (Å²) in [5.41, 5.74) is 0.559. The number of hydrogen-bond donors (Lipinski definition) is 2. The number of amides is 1. The Hall–Kier alpha value is -1.42. The average molecular weight is 194 g/mol. The van der Waals surface area contributed by atoms with E-state index in [1.165, 1.54) is 0 Å². The number of pyridine rings is 1. The lowest BCUT2D eigenvalue weighted by atomic mass is 10.2. The van der Waals surface area contributed by atoms with Gasteiger partial charge in [0.15, 0.2) is 0 Å². The van der Waals surface area contributed by atoms with Crippen molar-refractivity contribution < 1.29 is 9.90 Å². The normalized spacial score (nSPS) is 12.1. The first-order chi connectivity index (χ1) is 6.74. The maximum Gasteiger partial charge on any atom is 0.251 e. The molecule has 0 aliphatic rings. The molecule has 0 saturated heterocycles. The molecule has 1 amide bonds. The molecule has 0 radical (unpaired) electrons. The van der Waals surface area contributed by atoms with Gasteiger partial charge in [-0.25, -0.2) is 0 Å². The van der Waals surface area contributed by atoms with Crippen LogP contribution in [0.5, 0.6) is 0 Å². The Bertz CT molecular complexity index is 287. The van der Waals surface area contributed by atoms with Gasteiger partial charge in [0.2, 0.25) is 0 Å². The monoisotopic (exact) mass is 194 g/mol. The molecule has 0 aliphatic carbocycles. The van der Waals surface area contributed by atoms with Gasteiger partial charge >= 0.3 is 0 Å². The summed E-state index contributed by atoms with van der Waals surface area (Å²) in [4.78, 5) is 15.2. The molecule has 14 heavy (non-hydrogen) atoms. The average Bonchev–Trinajstić information content (AvgIpc) is 2.26. The Morgan fingerprint density at radius 1 is 1.57 bits per heavy atom. The van der Waals surface area contributed by atoms with Crippen LogP contribution in [-0.2, 0) is 0 Å². The van der Waals surface area contributed by atoms with Gasteiger partial charge in [-0.3, -0.25) is 9.78 Å². The van der Waals surface area contributed by atoms with E-state index in [4.69, 9.17) is 0 Å².